The van der Waals surface area contributed by atoms with E-state index in [4.69, 9.17) is 9.47 Å². The second-order valence-electron chi connectivity index (χ2n) is 6.18. The minimum Gasteiger partial charge on any atom is -0.454 e. The van der Waals surface area contributed by atoms with Crippen molar-refractivity contribution in [3.05, 3.63) is 34.9 Å². The summed E-state index contributed by atoms with van der Waals surface area (Å²) in [5.74, 6) is 1.87. The first-order valence-corrected chi connectivity index (χ1v) is 7.35. The van der Waals surface area contributed by atoms with Crippen LogP contribution < -0.4 is 9.47 Å². The predicted molar refractivity (Wildman–Crippen MR) is 72.8 cm³/mol. The van der Waals surface area contributed by atoms with Gasteiger partial charge in [-0.1, -0.05) is 11.6 Å². The molecule has 1 N–H and O–H groups in total. The third kappa shape index (κ3) is 1.33. The van der Waals surface area contributed by atoms with E-state index in [0.717, 1.165) is 37.4 Å². The van der Waals surface area contributed by atoms with Gasteiger partial charge in [0, 0.05) is 25.0 Å². The van der Waals surface area contributed by atoms with Gasteiger partial charge < -0.3 is 14.6 Å². The van der Waals surface area contributed by atoms with Gasteiger partial charge in [0.1, 0.15) is 0 Å². The fraction of sp³-hybridized carbons (Fsp3) is 0.500. The molecule has 0 radical (unpaired) electrons. The van der Waals surface area contributed by atoms with E-state index in [2.05, 4.69) is 23.1 Å². The van der Waals surface area contributed by atoms with E-state index in [-0.39, 0.29) is 12.0 Å². The van der Waals surface area contributed by atoms with Crippen LogP contribution in [-0.4, -0.2) is 35.5 Å². The van der Waals surface area contributed by atoms with Crippen LogP contribution in [0.4, 0.5) is 0 Å². The van der Waals surface area contributed by atoms with Crippen molar-refractivity contribution in [2.45, 2.75) is 37.5 Å². The number of rotatable bonds is 0. The van der Waals surface area contributed by atoms with Gasteiger partial charge in [-0.05, 0) is 36.1 Å². The first kappa shape index (κ1) is 11.2. The van der Waals surface area contributed by atoms with E-state index in [1.807, 2.05) is 0 Å². The third-order valence-electron chi connectivity index (χ3n) is 5.20. The zero-order chi connectivity index (χ0) is 13.3. The maximum Gasteiger partial charge on any atom is 0.231 e. The number of hydrogen-bond donors (Lipinski definition) is 1. The Morgan fingerprint density at radius 2 is 2.05 bits per heavy atom. The summed E-state index contributed by atoms with van der Waals surface area (Å²) in [5, 5.41) is 10.5. The van der Waals surface area contributed by atoms with Gasteiger partial charge in [0.05, 0.1) is 6.10 Å². The molecule has 0 spiro atoms. The number of fused-ring (bicyclic) bond motifs is 3. The lowest BCUT2D eigenvalue weighted by Crippen LogP contribution is -2.45. The molecule has 0 saturated carbocycles. The fourth-order valence-electron chi connectivity index (χ4n) is 4.32. The molecule has 4 heteroatoms. The Morgan fingerprint density at radius 3 is 2.95 bits per heavy atom. The van der Waals surface area contributed by atoms with Gasteiger partial charge in [-0.3, -0.25) is 4.90 Å². The van der Waals surface area contributed by atoms with Crippen molar-refractivity contribution in [1.82, 2.24) is 4.90 Å². The summed E-state index contributed by atoms with van der Waals surface area (Å²) < 4.78 is 11.0. The summed E-state index contributed by atoms with van der Waals surface area (Å²) in [5.41, 5.74) is 4.07. The Labute approximate surface area is 117 Å². The van der Waals surface area contributed by atoms with Gasteiger partial charge in [0.2, 0.25) is 6.79 Å². The number of aliphatic hydroxyl groups is 1. The average Bonchev–Trinajstić information content (AvgIpc) is 3.06. The highest BCUT2D eigenvalue weighted by atomic mass is 16.7. The quantitative estimate of drug-likeness (QED) is 0.730. The molecule has 4 nitrogen and oxygen atoms in total. The molecule has 0 unspecified atom stereocenters. The van der Waals surface area contributed by atoms with Gasteiger partial charge in [0.25, 0.3) is 0 Å². The molecule has 5 rings (SSSR count). The minimum atomic E-state index is -0.288. The molecule has 1 saturated heterocycles. The molecule has 0 aromatic heterocycles. The van der Waals surface area contributed by atoms with Crippen molar-refractivity contribution in [2.24, 2.45) is 0 Å². The van der Waals surface area contributed by atoms with Crippen molar-refractivity contribution in [1.29, 1.82) is 0 Å². The predicted octanol–water partition coefficient (Wildman–Crippen LogP) is 1.78. The first-order chi connectivity index (χ1) is 9.81. The second-order valence-corrected chi connectivity index (χ2v) is 6.18. The summed E-state index contributed by atoms with van der Waals surface area (Å²) >= 11 is 0. The molecule has 3 aliphatic heterocycles. The van der Waals surface area contributed by atoms with Gasteiger partial charge in [-0.2, -0.15) is 0 Å². The molecule has 1 aromatic carbocycles. The summed E-state index contributed by atoms with van der Waals surface area (Å²) in [7, 11) is 0. The minimum absolute atomic E-state index is 0.191. The van der Waals surface area contributed by atoms with Crippen LogP contribution >= 0.6 is 0 Å². The molecule has 0 amide bonds. The molecule has 20 heavy (non-hydrogen) atoms. The molecular formula is C16H17NO3. The smallest absolute Gasteiger partial charge is 0.231 e. The lowest BCUT2D eigenvalue weighted by molar-refractivity contribution is 0.0830. The molecule has 1 aliphatic carbocycles. The first-order valence-electron chi connectivity index (χ1n) is 7.35. The highest BCUT2D eigenvalue weighted by molar-refractivity contribution is 5.53. The van der Waals surface area contributed by atoms with Crippen molar-refractivity contribution in [3.8, 4) is 11.5 Å². The SMILES string of the molecule is O[C@@H]1CC=C2CCN3Cc4cc5c(cc4[C@H]1[C@H]23)OCO5. The summed E-state index contributed by atoms with van der Waals surface area (Å²) in [6, 6.07) is 4.60. The van der Waals surface area contributed by atoms with Gasteiger partial charge in [-0.25, -0.2) is 0 Å². The maximum atomic E-state index is 10.5. The van der Waals surface area contributed by atoms with E-state index in [0.29, 0.717) is 12.8 Å². The number of hydrogen-bond acceptors (Lipinski definition) is 4. The Kier molecular flexibility index (Phi) is 2.11. The van der Waals surface area contributed by atoms with E-state index < -0.39 is 0 Å². The van der Waals surface area contributed by atoms with Crippen molar-refractivity contribution >= 4 is 0 Å². The largest absolute Gasteiger partial charge is 0.454 e. The standard InChI is InChI=1S/C16H17NO3/c18-12-2-1-9-3-4-17-7-10-5-13-14(20-8-19-13)6-11(10)15(12)16(9)17/h1,5-6,12,15-16,18H,2-4,7-8H2/t12-,15-,16+/m1/s1. The number of aliphatic hydroxyl groups excluding tert-OH is 1. The normalized spacial score (nSPS) is 33.6. The Morgan fingerprint density at radius 1 is 1.20 bits per heavy atom. The van der Waals surface area contributed by atoms with Crippen molar-refractivity contribution in [3.63, 3.8) is 0 Å². The van der Waals surface area contributed by atoms with Crippen LogP contribution in [0.15, 0.2) is 23.8 Å². The topological polar surface area (TPSA) is 41.9 Å². The molecule has 0 bridgehead atoms. The van der Waals surface area contributed by atoms with Crippen LogP contribution in [-0.2, 0) is 6.54 Å². The molecular weight excluding hydrogens is 254 g/mol. The Hall–Kier alpha value is -1.52. The Bertz CT molecular complexity index is 624. The highest BCUT2D eigenvalue weighted by Gasteiger charge is 2.46. The highest BCUT2D eigenvalue weighted by Crippen LogP contribution is 2.49. The van der Waals surface area contributed by atoms with Crippen LogP contribution in [0, 0.1) is 0 Å². The zero-order valence-electron chi connectivity index (χ0n) is 11.2. The second kappa shape index (κ2) is 3.77. The van der Waals surface area contributed by atoms with E-state index in [9.17, 15) is 5.11 Å². The van der Waals surface area contributed by atoms with Crippen LogP contribution in [0.5, 0.6) is 11.5 Å². The maximum absolute atomic E-state index is 10.5. The molecule has 3 heterocycles. The molecule has 1 aromatic rings. The van der Waals surface area contributed by atoms with Gasteiger partial charge in [0.15, 0.2) is 11.5 Å². The van der Waals surface area contributed by atoms with Gasteiger partial charge in [-0.15, -0.1) is 0 Å². The zero-order valence-corrected chi connectivity index (χ0v) is 11.2. The van der Waals surface area contributed by atoms with Gasteiger partial charge >= 0.3 is 0 Å². The van der Waals surface area contributed by atoms with Crippen LogP contribution in [0.3, 0.4) is 0 Å². The average molecular weight is 271 g/mol. The lowest BCUT2D eigenvalue weighted by Gasteiger charge is -2.43. The number of benzene rings is 1. The summed E-state index contributed by atoms with van der Waals surface area (Å²) in [6.07, 6.45) is 3.89. The molecule has 104 valence electrons. The number of nitrogens with zero attached hydrogens (tertiary/aromatic N) is 1. The van der Waals surface area contributed by atoms with Crippen molar-refractivity contribution < 1.29 is 14.6 Å². The summed E-state index contributed by atoms with van der Waals surface area (Å²) in [6.45, 7) is 2.37. The van der Waals surface area contributed by atoms with Crippen LogP contribution in [0.2, 0.25) is 0 Å². The molecule has 3 atom stereocenters. The molecule has 1 fully saturated rings. The number of ether oxygens (including phenoxy) is 2. The Balaban J connectivity index is 1.70. The van der Waals surface area contributed by atoms with Crippen LogP contribution in [0.1, 0.15) is 29.9 Å². The third-order valence-corrected chi connectivity index (χ3v) is 5.20. The van der Waals surface area contributed by atoms with E-state index in [1.54, 1.807) is 0 Å². The van der Waals surface area contributed by atoms with E-state index in [1.165, 1.54) is 16.7 Å². The molecule has 4 aliphatic rings. The monoisotopic (exact) mass is 271 g/mol. The lowest BCUT2D eigenvalue weighted by atomic mass is 9.74. The van der Waals surface area contributed by atoms with Crippen molar-refractivity contribution in [2.75, 3.05) is 13.3 Å². The van der Waals surface area contributed by atoms with E-state index >= 15 is 0 Å². The van der Waals surface area contributed by atoms with Crippen LogP contribution in [0.25, 0.3) is 0 Å². The summed E-state index contributed by atoms with van der Waals surface area (Å²) in [4.78, 5) is 2.50. The fourth-order valence-corrected chi connectivity index (χ4v) is 4.32.